The number of carbonyl (C=O) groups excluding carboxylic acids is 1. The fraction of sp³-hybridized carbons (Fsp3) is 0.292. The Morgan fingerprint density at radius 1 is 1.06 bits per heavy atom. The summed E-state index contributed by atoms with van der Waals surface area (Å²) in [5, 5.41) is 11.4. The smallest absolute Gasteiger partial charge is 0.289 e. The second-order valence-corrected chi connectivity index (χ2v) is 9.89. The third-order valence-corrected chi connectivity index (χ3v) is 7.47. The zero-order chi connectivity index (χ0) is 24.7. The van der Waals surface area contributed by atoms with Gasteiger partial charge >= 0.3 is 0 Å². The van der Waals surface area contributed by atoms with E-state index in [9.17, 15) is 23.3 Å². The molecule has 1 fully saturated rings. The van der Waals surface area contributed by atoms with Gasteiger partial charge in [-0.1, -0.05) is 54.6 Å². The molecule has 9 nitrogen and oxygen atoms in total. The number of benzene rings is 2. The van der Waals surface area contributed by atoms with Crippen LogP contribution in [0.25, 0.3) is 0 Å². The van der Waals surface area contributed by atoms with Crippen LogP contribution in [0.2, 0.25) is 0 Å². The number of nitro benzene ring substituents is 1. The molecule has 1 heterocycles. The highest BCUT2D eigenvalue weighted by atomic mass is 32.2. The van der Waals surface area contributed by atoms with Crippen molar-refractivity contribution in [3.63, 3.8) is 0 Å². The number of amides is 1. The van der Waals surface area contributed by atoms with Crippen molar-refractivity contribution in [2.45, 2.75) is 17.5 Å². The molecule has 0 aromatic heterocycles. The van der Waals surface area contributed by atoms with Crippen LogP contribution >= 0.6 is 0 Å². The summed E-state index contributed by atoms with van der Waals surface area (Å²) >= 11 is 0. The zero-order valence-corrected chi connectivity index (χ0v) is 19.6. The molecule has 0 spiro atoms. The highest BCUT2D eigenvalue weighted by molar-refractivity contribution is 7.89. The van der Waals surface area contributed by atoms with Crippen LogP contribution in [0.3, 0.4) is 0 Å². The van der Waals surface area contributed by atoms with Crippen molar-refractivity contribution in [2.24, 2.45) is 0 Å². The molecule has 10 heteroatoms. The molecule has 1 unspecified atom stereocenters. The third-order valence-electron chi connectivity index (χ3n) is 5.61. The van der Waals surface area contributed by atoms with Crippen molar-refractivity contribution in [2.75, 3.05) is 32.7 Å². The Kier molecular flexibility index (Phi) is 8.32. The number of rotatable bonds is 11. The molecular formula is C24H28N4O5S. The van der Waals surface area contributed by atoms with Gasteiger partial charge in [0.1, 0.15) is 0 Å². The van der Waals surface area contributed by atoms with Gasteiger partial charge in [-0.25, -0.2) is 8.42 Å². The molecule has 1 aliphatic rings. The second-order valence-electron chi connectivity index (χ2n) is 7.98. The molecule has 3 rings (SSSR count). The summed E-state index contributed by atoms with van der Waals surface area (Å²) in [5.41, 5.74) is 0.410. The third kappa shape index (κ3) is 5.77. The number of nitrogens with zero attached hydrogens (tertiary/aromatic N) is 4. The first-order chi connectivity index (χ1) is 16.3. The number of carbonyl (C=O) groups is 1. The summed E-state index contributed by atoms with van der Waals surface area (Å²) in [6, 6.07) is 14.2. The van der Waals surface area contributed by atoms with E-state index in [0.29, 0.717) is 26.2 Å². The number of hydrogen-bond donors (Lipinski definition) is 0. The van der Waals surface area contributed by atoms with Gasteiger partial charge in [-0.05, 0) is 11.6 Å². The number of piperazine rings is 1. The van der Waals surface area contributed by atoms with E-state index in [2.05, 4.69) is 13.2 Å². The molecule has 1 amide bonds. The SMILES string of the molecule is C=CCN(CC=C)CC1CN(S(=O)(=O)c2ccccc2[N+](=O)[O-])CC(=O)N1Cc1ccccc1. The lowest BCUT2D eigenvalue weighted by atomic mass is 10.1. The summed E-state index contributed by atoms with van der Waals surface area (Å²) in [6.07, 6.45) is 3.47. The van der Waals surface area contributed by atoms with Gasteiger partial charge in [-0.2, -0.15) is 4.31 Å². The molecule has 0 saturated carbocycles. The van der Waals surface area contributed by atoms with Crippen molar-refractivity contribution in [1.82, 2.24) is 14.1 Å². The van der Waals surface area contributed by atoms with E-state index in [0.717, 1.165) is 15.9 Å². The molecule has 34 heavy (non-hydrogen) atoms. The normalized spacial score (nSPS) is 17.0. The number of nitro groups is 1. The average molecular weight is 485 g/mol. The summed E-state index contributed by atoms with van der Waals surface area (Å²) in [4.78, 5) is 27.2. The van der Waals surface area contributed by atoms with Crippen LogP contribution in [0.15, 0.2) is 84.8 Å². The minimum atomic E-state index is -4.27. The van der Waals surface area contributed by atoms with E-state index >= 15 is 0 Å². The molecule has 2 aromatic carbocycles. The molecule has 2 aromatic rings. The first-order valence-electron chi connectivity index (χ1n) is 10.8. The van der Waals surface area contributed by atoms with Crippen LogP contribution in [0.1, 0.15) is 5.56 Å². The van der Waals surface area contributed by atoms with E-state index in [1.807, 2.05) is 35.2 Å². The van der Waals surface area contributed by atoms with Crippen LogP contribution in [-0.2, 0) is 21.4 Å². The maximum atomic E-state index is 13.4. The molecular weight excluding hydrogens is 456 g/mol. The second kappa shape index (κ2) is 11.2. The van der Waals surface area contributed by atoms with Crippen molar-refractivity contribution < 1.29 is 18.1 Å². The van der Waals surface area contributed by atoms with Crippen molar-refractivity contribution >= 4 is 21.6 Å². The number of para-hydroxylation sites is 1. The van der Waals surface area contributed by atoms with Gasteiger partial charge < -0.3 is 4.90 Å². The van der Waals surface area contributed by atoms with Crippen molar-refractivity contribution in [1.29, 1.82) is 0 Å². The van der Waals surface area contributed by atoms with Gasteiger partial charge in [0.25, 0.3) is 5.69 Å². The first kappa shape index (κ1) is 25.3. The fourth-order valence-electron chi connectivity index (χ4n) is 4.03. The van der Waals surface area contributed by atoms with E-state index in [-0.39, 0.29) is 19.0 Å². The van der Waals surface area contributed by atoms with Crippen LogP contribution in [0.5, 0.6) is 0 Å². The molecule has 0 aliphatic carbocycles. The van der Waals surface area contributed by atoms with Crippen molar-refractivity contribution in [3.8, 4) is 0 Å². The Balaban J connectivity index is 1.95. The standard InChI is InChI=1S/C24H28N4O5S/c1-3-14-25(15-4-2)17-21-18-26(19-24(29)27(21)16-20-10-6-5-7-11-20)34(32,33)23-13-9-8-12-22(23)28(30)31/h3-13,21H,1-2,14-19H2. The highest BCUT2D eigenvalue weighted by Crippen LogP contribution is 2.28. The Labute approximate surface area is 199 Å². The maximum absolute atomic E-state index is 13.4. The Bertz CT molecular complexity index is 1140. The summed E-state index contributed by atoms with van der Waals surface area (Å²) in [5.74, 6) is -0.362. The van der Waals surface area contributed by atoms with E-state index in [1.54, 1.807) is 17.1 Å². The van der Waals surface area contributed by atoms with Gasteiger partial charge in [-0.3, -0.25) is 19.8 Å². The summed E-state index contributed by atoms with van der Waals surface area (Å²) in [7, 11) is -4.27. The Morgan fingerprint density at radius 3 is 2.29 bits per heavy atom. The predicted molar refractivity (Wildman–Crippen MR) is 129 cm³/mol. The molecule has 0 N–H and O–H groups in total. The predicted octanol–water partition coefficient (Wildman–Crippen LogP) is 2.67. The minimum Gasteiger partial charge on any atom is -0.332 e. The van der Waals surface area contributed by atoms with Crippen LogP contribution in [0.4, 0.5) is 5.69 Å². The Morgan fingerprint density at radius 2 is 1.68 bits per heavy atom. The summed E-state index contributed by atoms with van der Waals surface area (Å²) < 4.78 is 27.9. The van der Waals surface area contributed by atoms with Gasteiger partial charge in [0.15, 0.2) is 4.90 Å². The lowest BCUT2D eigenvalue weighted by Gasteiger charge is -2.42. The van der Waals surface area contributed by atoms with Gasteiger partial charge in [-0.15, -0.1) is 13.2 Å². The monoisotopic (exact) mass is 484 g/mol. The van der Waals surface area contributed by atoms with Crippen LogP contribution < -0.4 is 0 Å². The fourth-order valence-corrected chi connectivity index (χ4v) is 5.62. The summed E-state index contributed by atoms with van der Waals surface area (Å²) in [6.45, 7) is 8.96. The van der Waals surface area contributed by atoms with E-state index in [1.165, 1.54) is 18.2 Å². The molecule has 1 saturated heterocycles. The van der Waals surface area contributed by atoms with Crippen molar-refractivity contribution in [3.05, 3.63) is 95.6 Å². The molecule has 1 aliphatic heterocycles. The number of hydrogen-bond acceptors (Lipinski definition) is 6. The van der Waals surface area contributed by atoms with E-state index in [4.69, 9.17) is 0 Å². The minimum absolute atomic E-state index is 0.0116. The maximum Gasteiger partial charge on any atom is 0.289 e. The van der Waals surface area contributed by atoms with Gasteiger partial charge in [0.2, 0.25) is 15.9 Å². The van der Waals surface area contributed by atoms with Gasteiger partial charge in [0, 0.05) is 38.8 Å². The first-order valence-corrected chi connectivity index (χ1v) is 12.2. The lowest BCUT2D eigenvalue weighted by Crippen LogP contribution is -2.60. The van der Waals surface area contributed by atoms with Crippen LogP contribution in [0, 0.1) is 10.1 Å². The molecule has 0 bridgehead atoms. The molecule has 1 atom stereocenters. The van der Waals surface area contributed by atoms with E-state index < -0.39 is 31.6 Å². The van der Waals surface area contributed by atoms with Gasteiger partial charge in [0.05, 0.1) is 17.5 Å². The number of sulfonamides is 1. The zero-order valence-electron chi connectivity index (χ0n) is 18.8. The topological polar surface area (TPSA) is 104 Å². The Hall–Kier alpha value is -3.34. The quantitative estimate of drug-likeness (QED) is 0.276. The highest BCUT2D eigenvalue weighted by Gasteiger charge is 2.41. The average Bonchev–Trinajstić information content (AvgIpc) is 2.82. The largest absolute Gasteiger partial charge is 0.332 e. The molecule has 0 radical (unpaired) electrons. The lowest BCUT2D eigenvalue weighted by molar-refractivity contribution is -0.387. The van der Waals surface area contributed by atoms with Crippen LogP contribution in [-0.4, -0.2) is 72.1 Å². The molecule has 180 valence electrons.